The highest BCUT2D eigenvalue weighted by Gasteiger charge is 2.26. The fourth-order valence-electron chi connectivity index (χ4n) is 2.78. The van der Waals surface area contributed by atoms with Crippen LogP contribution in [0.1, 0.15) is 41.6 Å². The average Bonchev–Trinajstić information content (AvgIpc) is 3.16. The average molecular weight is 305 g/mol. The molecule has 1 atom stereocenters. The summed E-state index contributed by atoms with van der Waals surface area (Å²) in [5.41, 5.74) is 2.89. The molecule has 6 nitrogen and oxygen atoms in total. The zero-order valence-electron chi connectivity index (χ0n) is 12.1. The highest BCUT2D eigenvalue weighted by molar-refractivity contribution is 7.09. The summed E-state index contributed by atoms with van der Waals surface area (Å²) < 4.78 is 0. The Bertz CT molecular complexity index is 594. The van der Waals surface area contributed by atoms with Crippen molar-refractivity contribution in [2.45, 2.75) is 38.5 Å². The van der Waals surface area contributed by atoms with Crippen LogP contribution in [0.15, 0.2) is 11.8 Å². The van der Waals surface area contributed by atoms with Crippen molar-refractivity contribution >= 4 is 17.2 Å². The number of nitrogens with zero attached hydrogens (tertiary/aromatic N) is 4. The predicted octanol–water partition coefficient (Wildman–Crippen LogP) is 1.91. The Kier molecular flexibility index (Phi) is 4.28. The molecule has 1 N–H and O–H groups in total. The lowest BCUT2D eigenvalue weighted by Crippen LogP contribution is -2.39. The van der Waals surface area contributed by atoms with Gasteiger partial charge in [0.2, 0.25) is 5.91 Å². The van der Waals surface area contributed by atoms with Crippen LogP contribution >= 0.6 is 11.3 Å². The lowest BCUT2D eigenvalue weighted by molar-refractivity contribution is -0.132. The predicted molar refractivity (Wildman–Crippen MR) is 80.1 cm³/mol. The number of rotatable bonds is 4. The molecule has 1 amide bonds. The third kappa shape index (κ3) is 3.29. The Labute approximate surface area is 127 Å². The molecule has 7 heteroatoms. The first-order valence-electron chi connectivity index (χ1n) is 7.26. The highest BCUT2D eigenvalue weighted by Crippen LogP contribution is 2.24. The van der Waals surface area contributed by atoms with Crippen molar-refractivity contribution in [1.29, 1.82) is 0 Å². The van der Waals surface area contributed by atoms with Crippen molar-refractivity contribution in [3.8, 4) is 0 Å². The van der Waals surface area contributed by atoms with Crippen molar-refractivity contribution in [1.82, 2.24) is 25.1 Å². The van der Waals surface area contributed by atoms with Crippen molar-refractivity contribution in [2.24, 2.45) is 0 Å². The van der Waals surface area contributed by atoms with E-state index in [0.29, 0.717) is 6.42 Å². The van der Waals surface area contributed by atoms with E-state index in [9.17, 15) is 4.79 Å². The van der Waals surface area contributed by atoms with Crippen LogP contribution < -0.4 is 0 Å². The van der Waals surface area contributed by atoms with Gasteiger partial charge in [0.1, 0.15) is 12.2 Å². The zero-order chi connectivity index (χ0) is 14.7. The van der Waals surface area contributed by atoms with Gasteiger partial charge in [-0.05, 0) is 26.2 Å². The van der Waals surface area contributed by atoms with Crippen LogP contribution in [-0.2, 0) is 11.2 Å². The van der Waals surface area contributed by atoms with Gasteiger partial charge in [-0.15, -0.1) is 11.3 Å². The van der Waals surface area contributed by atoms with Crippen LogP contribution in [0.3, 0.4) is 0 Å². The summed E-state index contributed by atoms with van der Waals surface area (Å²) in [5, 5.41) is 6.82. The minimum atomic E-state index is 0.229. The maximum Gasteiger partial charge on any atom is 0.222 e. The number of carbonyl (C=O) groups excluding carboxylic acids is 1. The lowest BCUT2D eigenvalue weighted by atomic mass is 9.97. The number of aromatic amines is 1. The van der Waals surface area contributed by atoms with Crippen LogP contribution in [0.25, 0.3) is 0 Å². The Balaban J connectivity index is 1.56. The molecule has 3 heterocycles. The van der Waals surface area contributed by atoms with Gasteiger partial charge < -0.3 is 4.90 Å². The van der Waals surface area contributed by atoms with Crippen molar-refractivity contribution in [3.05, 3.63) is 28.2 Å². The fourth-order valence-corrected chi connectivity index (χ4v) is 3.56. The summed E-state index contributed by atoms with van der Waals surface area (Å²) >= 11 is 1.63. The molecule has 21 heavy (non-hydrogen) atoms. The lowest BCUT2D eigenvalue weighted by Gasteiger charge is -2.31. The summed E-state index contributed by atoms with van der Waals surface area (Å²) in [5.74, 6) is 1.41. The first-order valence-corrected chi connectivity index (χ1v) is 8.14. The molecule has 0 unspecified atom stereocenters. The van der Waals surface area contributed by atoms with Gasteiger partial charge >= 0.3 is 0 Å². The van der Waals surface area contributed by atoms with E-state index in [4.69, 9.17) is 0 Å². The van der Waals surface area contributed by atoms with Crippen molar-refractivity contribution in [3.63, 3.8) is 0 Å². The number of hydrogen-bond acceptors (Lipinski definition) is 5. The Hall–Kier alpha value is -1.76. The number of piperidine rings is 1. The number of nitrogens with one attached hydrogen (secondary N) is 1. The van der Waals surface area contributed by atoms with Gasteiger partial charge in [-0.1, -0.05) is 0 Å². The topological polar surface area (TPSA) is 74.8 Å². The minimum absolute atomic E-state index is 0.229. The monoisotopic (exact) mass is 305 g/mol. The number of H-pyrrole nitrogens is 1. The van der Waals surface area contributed by atoms with E-state index >= 15 is 0 Å². The SMILES string of the molecule is Cc1ncsc1CCC(=O)N1CCC[C@H](c2ncn[nH]2)C1. The number of amides is 1. The maximum absolute atomic E-state index is 12.4. The standard InChI is InChI=1S/C14H19N5OS/c1-10-12(21-9-16-10)4-5-13(20)19-6-2-3-11(7-19)14-15-8-17-18-14/h8-9,11H,2-7H2,1H3,(H,15,17,18)/t11-/m0/s1. The van der Waals surface area contributed by atoms with E-state index in [0.717, 1.165) is 43.9 Å². The smallest absolute Gasteiger partial charge is 0.222 e. The van der Waals surface area contributed by atoms with Crippen molar-refractivity contribution < 1.29 is 4.79 Å². The second kappa shape index (κ2) is 6.34. The second-order valence-corrected chi connectivity index (χ2v) is 6.35. The minimum Gasteiger partial charge on any atom is -0.342 e. The molecule has 0 saturated carbocycles. The summed E-state index contributed by atoms with van der Waals surface area (Å²) in [6.45, 7) is 3.60. The Morgan fingerprint density at radius 1 is 1.52 bits per heavy atom. The number of hydrogen-bond donors (Lipinski definition) is 1. The number of thiazole rings is 1. The van der Waals surface area contributed by atoms with Gasteiger partial charge in [0, 0.05) is 30.3 Å². The Morgan fingerprint density at radius 3 is 3.14 bits per heavy atom. The van der Waals surface area contributed by atoms with E-state index in [1.807, 2.05) is 17.3 Å². The van der Waals surface area contributed by atoms with Gasteiger partial charge in [0.15, 0.2) is 0 Å². The fraction of sp³-hybridized carbons (Fsp3) is 0.571. The van der Waals surface area contributed by atoms with Crippen LogP contribution in [0.2, 0.25) is 0 Å². The third-order valence-electron chi connectivity index (χ3n) is 4.01. The molecule has 0 aliphatic carbocycles. The third-order valence-corrected chi connectivity index (χ3v) is 5.00. The summed E-state index contributed by atoms with van der Waals surface area (Å²) in [6, 6.07) is 0. The molecule has 1 aliphatic heterocycles. The molecule has 3 rings (SSSR count). The second-order valence-electron chi connectivity index (χ2n) is 5.41. The number of aromatic nitrogens is 4. The maximum atomic E-state index is 12.4. The molecule has 0 radical (unpaired) electrons. The van der Waals surface area contributed by atoms with Gasteiger partial charge in [0.25, 0.3) is 0 Å². The molecular weight excluding hydrogens is 286 g/mol. The molecule has 0 spiro atoms. The van der Waals surface area contributed by atoms with Crippen LogP contribution in [0.4, 0.5) is 0 Å². The molecule has 1 fully saturated rings. The van der Waals surface area contributed by atoms with Crippen LogP contribution in [-0.4, -0.2) is 44.1 Å². The van der Waals surface area contributed by atoms with Gasteiger partial charge in [-0.3, -0.25) is 9.89 Å². The molecule has 2 aromatic heterocycles. The molecule has 1 saturated heterocycles. The first-order chi connectivity index (χ1) is 10.2. The number of aryl methyl sites for hydroxylation is 2. The van der Waals surface area contributed by atoms with E-state index in [1.165, 1.54) is 11.2 Å². The van der Waals surface area contributed by atoms with E-state index in [2.05, 4.69) is 20.2 Å². The first kappa shape index (κ1) is 14.2. The number of likely N-dealkylation sites (tertiary alicyclic amines) is 1. The Morgan fingerprint density at radius 2 is 2.43 bits per heavy atom. The van der Waals surface area contributed by atoms with Crippen LogP contribution in [0, 0.1) is 6.92 Å². The van der Waals surface area contributed by atoms with E-state index < -0.39 is 0 Å². The van der Waals surface area contributed by atoms with E-state index in [-0.39, 0.29) is 11.8 Å². The molecule has 0 bridgehead atoms. The highest BCUT2D eigenvalue weighted by atomic mass is 32.1. The largest absolute Gasteiger partial charge is 0.342 e. The molecule has 2 aromatic rings. The van der Waals surface area contributed by atoms with Crippen molar-refractivity contribution in [2.75, 3.05) is 13.1 Å². The molecule has 112 valence electrons. The van der Waals surface area contributed by atoms with Gasteiger partial charge in [-0.2, -0.15) is 5.10 Å². The number of carbonyl (C=O) groups is 1. The van der Waals surface area contributed by atoms with Crippen LogP contribution in [0.5, 0.6) is 0 Å². The van der Waals surface area contributed by atoms with E-state index in [1.54, 1.807) is 11.3 Å². The van der Waals surface area contributed by atoms with Gasteiger partial charge in [-0.25, -0.2) is 9.97 Å². The summed E-state index contributed by atoms with van der Waals surface area (Å²) in [7, 11) is 0. The quantitative estimate of drug-likeness (QED) is 0.936. The molecule has 0 aromatic carbocycles. The van der Waals surface area contributed by atoms with Gasteiger partial charge in [0.05, 0.1) is 11.2 Å². The molecule has 1 aliphatic rings. The zero-order valence-corrected chi connectivity index (χ0v) is 12.9. The normalized spacial score (nSPS) is 18.9. The summed E-state index contributed by atoms with van der Waals surface area (Å²) in [4.78, 5) is 24.0. The molecular formula is C14H19N5OS. The summed E-state index contributed by atoms with van der Waals surface area (Å²) in [6.07, 6.45) is 4.97.